The maximum atomic E-state index is 12.5. The van der Waals surface area contributed by atoms with Gasteiger partial charge in [0.15, 0.2) is 6.61 Å². The van der Waals surface area contributed by atoms with Crippen molar-refractivity contribution in [2.45, 2.75) is 26.4 Å². The number of carbonyl (C=O) groups excluding carboxylic acids is 2. The van der Waals surface area contributed by atoms with Gasteiger partial charge in [-0.15, -0.1) is 0 Å². The summed E-state index contributed by atoms with van der Waals surface area (Å²) < 4.78 is 5.41. The molecule has 0 aliphatic carbocycles. The van der Waals surface area contributed by atoms with Gasteiger partial charge in [0.05, 0.1) is 5.69 Å². The highest BCUT2D eigenvalue weighted by Crippen LogP contribution is 2.35. The largest absolute Gasteiger partial charge is 0.482 e. The van der Waals surface area contributed by atoms with E-state index in [1.807, 2.05) is 31.2 Å². The molecule has 0 radical (unpaired) electrons. The number of anilines is 1. The van der Waals surface area contributed by atoms with Gasteiger partial charge in [-0.3, -0.25) is 14.5 Å². The van der Waals surface area contributed by atoms with Gasteiger partial charge in [-0.05, 0) is 37.6 Å². The first-order valence-corrected chi connectivity index (χ1v) is 8.41. The van der Waals surface area contributed by atoms with E-state index in [-0.39, 0.29) is 18.4 Å². The number of ether oxygens (including phenoxy) is 1. The average Bonchev–Trinajstić information content (AvgIpc) is 2.60. The summed E-state index contributed by atoms with van der Waals surface area (Å²) >= 11 is 6.03. The lowest BCUT2D eigenvalue weighted by molar-refractivity contribution is -0.127. The summed E-state index contributed by atoms with van der Waals surface area (Å²) in [4.78, 5) is 26.3. The Kier molecular flexibility index (Phi) is 4.95. The summed E-state index contributed by atoms with van der Waals surface area (Å²) in [5.74, 6) is 0.0386. The van der Waals surface area contributed by atoms with Gasteiger partial charge >= 0.3 is 0 Å². The van der Waals surface area contributed by atoms with Gasteiger partial charge in [0.2, 0.25) is 5.91 Å². The third kappa shape index (κ3) is 3.77. The molecule has 0 saturated heterocycles. The molecule has 1 heterocycles. The van der Waals surface area contributed by atoms with Gasteiger partial charge in [0.25, 0.3) is 5.91 Å². The van der Waals surface area contributed by atoms with Gasteiger partial charge in [-0.1, -0.05) is 41.4 Å². The third-order valence-corrected chi connectivity index (χ3v) is 4.39. The fourth-order valence-corrected chi connectivity index (χ4v) is 2.90. The lowest BCUT2D eigenvalue weighted by Gasteiger charge is -2.33. The highest BCUT2D eigenvalue weighted by molar-refractivity contribution is 6.31. The summed E-state index contributed by atoms with van der Waals surface area (Å²) in [6.45, 7) is 4.02. The number of hydrogen-bond donors (Lipinski definition) is 1. The van der Waals surface area contributed by atoms with Gasteiger partial charge < -0.3 is 10.1 Å². The number of rotatable bonds is 4. The van der Waals surface area contributed by atoms with Crippen molar-refractivity contribution in [2.75, 3.05) is 11.5 Å². The van der Waals surface area contributed by atoms with Crippen LogP contribution in [0.15, 0.2) is 42.5 Å². The van der Waals surface area contributed by atoms with E-state index < -0.39 is 6.04 Å². The number of hydrogen-bond acceptors (Lipinski definition) is 3. The molecule has 2 aromatic carbocycles. The molecule has 1 N–H and O–H groups in total. The molecule has 130 valence electrons. The summed E-state index contributed by atoms with van der Waals surface area (Å²) in [6, 6.07) is 12.3. The maximum Gasteiger partial charge on any atom is 0.265 e. The first kappa shape index (κ1) is 17.3. The van der Waals surface area contributed by atoms with E-state index >= 15 is 0 Å². The van der Waals surface area contributed by atoms with Crippen LogP contribution in [0.2, 0.25) is 5.02 Å². The Labute approximate surface area is 151 Å². The second-order valence-electron chi connectivity index (χ2n) is 6.04. The van der Waals surface area contributed by atoms with Crippen molar-refractivity contribution in [3.05, 3.63) is 58.6 Å². The Morgan fingerprint density at radius 2 is 2.00 bits per heavy atom. The van der Waals surface area contributed by atoms with Crippen molar-refractivity contribution in [1.82, 2.24) is 5.32 Å². The zero-order chi connectivity index (χ0) is 18.0. The zero-order valence-electron chi connectivity index (χ0n) is 14.1. The molecule has 2 amide bonds. The molecule has 2 aromatic rings. The number of nitrogens with zero attached hydrogens (tertiary/aromatic N) is 1. The molecule has 1 unspecified atom stereocenters. The quantitative estimate of drug-likeness (QED) is 0.913. The van der Waals surface area contributed by atoms with E-state index in [4.69, 9.17) is 16.3 Å². The van der Waals surface area contributed by atoms with Crippen LogP contribution in [0.5, 0.6) is 5.75 Å². The van der Waals surface area contributed by atoms with E-state index in [0.29, 0.717) is 23.0 Å². The van der Waals surface area contributed by atoms with E-state index in [1.165, 1.54) is 4.90 Å². The number of amides is 2. The molecule has 6 heteroatoms. The van der Waals surface area contributed by atoms with Crippen LogP contribution in [-0.2, 0) is 16.1 Å². The Morgan fingerprint density at radius 1 is 1.28 bits per heavy atom. The third-order valence-electron chi connectivity index (χ3n) is 4.15. The van der Waals surface area contributed by atoms with Crippen molar-refractivity contribution < 1.29 is 14.3 Å². The second-order valence-corrected chi connectivity index (χ2v) is 6.48. The van der Waals surface area contributed by atoms with Gasteiger partial charge in [-0.25, -0.2) is 0 Å². The lowest BCUT2D eigenvalue weighted by Crippen LogP contribution is -2.51. The monoisotopic (exact) mass is 358 g/mol. The van der Waals surface area contributed by atoms with Gasteiger partial charge in [-0.2, -0.15) is 0 Å². The summed E-state index contributed by atoms with van der Waals surface area (Å²) in [5, 5.41) is 3.36. The minimum absolute atomic E-state index is 0.0930. The predicted molar refractivity (Wildman–Crippen MR) is 96.9 cm³/mol. The average molecular weight is 359 g/mol. The molecule has 0 aromatic heterocycles. The molecular formula is C19H19ClN2O3. The first-order valence-electron chi connectivity index (χ1n) is 8.03. The van der Waals surface area contributed by atoms with Crippen LogP contribution >= 0.6 is 11.6 Å². The number of carbonyl (C=O) groups is 2. The molecule has 0 fully saturated rings. The number of nitrogens with one attached hydrogen (secondary N) is 1. The zero-order valence-corrected chi connectivity index (χ0v) is 14.8. The van der Waals surface area contributed by atoms with E-state index in [0.717, 1.165) is 11.1 Å². The van der Waals surface area contributed by atoms with Crippen LogP contribution in [-0.4, -0.2) is 24.5 Å². The van der Waals surface area contributed by atoms with Crippen molar-refractivity contribution in [2.24, 2.45) is 0 Å². The SMILES string of the molecule is Cc1ccc(CNC(=O)C(C)N2C(=O)COc3ccc(Cl)cc32)cc1. The first-order chi connectivity index (χ1) is 12.0. The van der Waals surface area contributed by atoms with Crippen LogP contribution in [0.25, 0.3) is 0 Å². The van der Waals surface area contributed by atoms with E-state index in [2.05, 4.69) is 5.32 Å². The lowest BCUT2D eigenvalue weighted by atomic mass is 10.1. The van der Waals surface area contributed by atoms with Crippen LogP contribution in [0.1, 0.15) is 18.1 Å². The summed E-state index contributed by atoms with van der Waals surface area (Å²) in [5.41, 5.74) is 2.68. The predicted octanol–water partition coefficient (Wildman–Crippen LogP) is 3.08. The highest BCUT2D eigenvalue weighted by atomic mass is 35.5. The second kappa shape index (κ2) is 7.15. The molecular weight excluding hydrogens is 340 g/mol. The Morgan fingerprint density at radius 3 is 2.72 bits per heavy atom. The highest BCUT2D eigenvalue weighted by Gasteiger charge is 2.33. The fraction of sp³-hybridized carbons (Fsp3) is 0.263. The van der Waals surface area contributed by atoms with Crippen LogP contribution in [0.4, 0.5) is 5.69 Å². The number of aryl methyl sites for hydroxylation is 1. The molecule has 1 aliphatic rings. The summed E-state index contributed by atoms with van der Waals surface area (Å²) in [6.07, 6.45) is 0. The number of halogens is 1. The molecule has 3 rings (SSSR count). The standard InChI is InChI=1S/C19H19ClN2O3/c1-12-3-5-14(6-4-12)10-21-19(24)13(2)22-16-9-15(20)7-8-17(16)25-11-18(22)23/h3-9,13H,10-11H2,1-2H3,(H,21,24). The normalized spacial score (nSPS) is 14.5. The minimum Gasteiger partial charge on any atom is -0.482 e. The van der Waals surface area contributed by atoms with Gasteiger partial charge in [0, 0.05) is 11.6 Å². The topological polar surface area (TPSA) is 58.6 Å². The molecule has 0 bridgehead atoms. The molecule has 5 nitrogen and oxygen atoms in total. The van der Waals surface area contributed by atoms with Crippen LogP contribution in [0, 0.1) is 6.92 Å². The van der Waals surface area contributed by atoms with Crippen LogP contribution in [0.3, 0.4) is 0 Å². The minimum atomic E-state index is -0.668. The number of benzene rings is 2. The Balaban J connectivity index is 1.74. The maximum absolute atomic E-state index is 12.5. The molecule has 1 atom stereocenters. The summed E-state index contributed by atoms with van der Waals surface area (Å²) in [7, 11) is 0. The smallest absolute Gasteiger partial charge is 0.265 e. The molecule has 1 aliphatic heterocycles. The molecule has 0 saturated carbocycles. The number of fused-ring (bicyclic) bond motifs is 1. The van der Waals surface area contributed by atoms with Crippen molar-refractivity contribution in [1.29, 1.82) is 0 Å². The van der Waals surface area contributed by atoms with E-state index in [1.54, 1.807) is 25.1 Å². The molecule has 25 heavy (non-hydrogen) atoms. The van der Waals surface area contributed by atoms with E-state index in [9.17, 15) is 9.59 Å². The van der Waals surface area contributed by atoms with Crippen LogP contribution < -0.4 is 15.0 Å². The van der Waals surface area contributed by atoms with Crippen molar-refractivity contribution in [3.8, 4) is 5.75 Å². The Hall–Kier alpha value is -2.53. The molecule has 0 spiro atoms. The van der Waals surface area contributed by atoms with Crippen molar-refractivity contribution in [3.63, 3.8) is 0 Å². The van der Waals surface area contributed by atoms with Gasteiger partial charge in [0.1, 0.15) is 11.8 Å². The Bertz CT molecular complexity index is 805. The fourth-order valence-electron chi connectivity index (χ4n) is 2.73. The van der Waals surface area contributed by atoms with Crippen molar-refractivity contribution >= 4 is 29.1 Å².